The maximum absolute atomic E-state index is 12.3. The Hall–Kier alpha value is -2.11. The third kappa shape index (κ3) is 3.21. The van der Waals surface area contributed by atoms with Crippen LogP contribution in [0.15, 0.2) is 22.7 Å². The number of carbonyl (C=O) groups excluding carboxylic acids is 1. The first-order valence-electron chi connectivity index (χ1n) is 7.67. The Balaban J connectivity index is 1.63. The first-order valence-corrected chi connectivity index (χ1v) is 7.67. The van der Waals surface area contributed by atoms with E-state index >= 15 is 0 Å². The molecule has 0 saturated carbocycles. The maximum atomic E-state index is 12.3. The second-order valence-electron chi connectivity index (χ2n) is 6.93. The van der Waals surface area contributed by atoms with Gasteiger partial charge in [-0.3, -0.25) is 4.79 Å². The van der Waals surface area contributed by atoms with Gasteiger partial charge >= 0.3 is 0 Å². The molecule has 6 heteroatoms. The highest BCUT2D eigenvalue weighted by Gasteiger charge is 2.26. The standard InChI is InChI=1S/C16H22N4O2/c1-16(2,3)11-13(21)19-7-9-20(10-8-19)15-18-14-12(22-15)5-4-6-17-14/h4-6H,7-11H2,1-3H3. The van der Waals surface area contributed by atoms with Gasteiger partial charge in [-0.2, -0.15) is 4.98 Å². The van der Waals surface area contributed by atoms with Crippen molar-refractivity contribution in [1.82, 2.24) is 14.9 Å². The molecule has 1 aliphatic heterocycles. The number of hydrogen-bond donors (Lipinski definition) is 0. The van der Waals surface area contributed by atoms with Crippen molar-refractivity contribution in [2.45, 2.75) is 27.2 Å². The minimum absolute atomic E-state index is 0.0280. The molecular formula is C16H22N4O2. The summed E-state index contributed by atoms with van der Waals surface area (Å²) < 4.78 is 5.73. The summed E-state index contributed by atoms with van der Waals surface area (Å²) in [6, 6.07) is 4.29. The summed E-state index contributed by atoms with van der Waals surface area (Å²) >= 11 is 0. The molecule has 0 N–H and O–H groups in total. The van der Waals surface area contributed by atoms with Crippen molar-refractivity contribution in [2.24, 2.45) is 5.41 Å². The molecule has 0 aliphatic carbocycles. The molecule has 0 bridgehead atoms. The largest absolute Gasteiger partial charge is 0.422 e. The van der Waals surface area contributed by atoms with Crippen LogP contribution in [0.2, 0.25) is 0 Å². The van der Waals surface area contributed by atoms with Crippen molar-refractivity contribution < 1.29 is 9.21 Å². The van der Waals surface area contributed by atoms with Gasteiger partial charge in [0.1, 0.15) is 0 Å². The van der Waals surface area contributed by atoms with E-state index in [1.807, 2.05) is 17.0 Å². The number of pyridine rings is 1. The fraction of sp³-hybridized carbons (Fsp3) is 0.562. The van der Waals surface area contributed by atoms with Crippen LogP contribution < -0.4 is 4.90 Å². The van der Waals surface area contributed by atoms with Gasteiger partial charge in [0.15, 0.2) is 5.58 Å². The van der Waals surface area contributed by atoms with E-state index in [-0.39, 0.29) is 11.3 Å². The van der Waals surface area contributed by atoms with Crippen molar-refractivity contribution in [3.8, 4) is 0 Å². The van der Waals surface area contributed by atoms with Crippen LogP contribution >= 0.6 is 0 Å². The Morgan fingerprint density at radius 2 is 2.00 bits per heavy atom. The smallest absolute Gasteiger partial charge is 0.300 e. The molecule has 3 rings (SSSR count). The van der Waals surface area contributed by atoms with Crippen LogP contribution in [-0.4, -0.2) is 47.0 Å². The van der Waals surface area contributed by atoms with E-state index in [1.165, 1.54) is 0 Å². The number of carbonyl (C=O) groups is 1. The molecule has 0 atom stereocenters. The van der Waals surface area contributed by atoms with Gasteiger partial charge in [-0.05, 0) is 17.5 Å². The first-order chi connectivity index (χ1) is 10.4. The summed E-state index contributed by atoms with van der Waals surface area (Å²) in [4.78, 5) is 24.9. The summed E-state index contributed by atoms with van der Waals surface area (Å²) in [5, 5.41) is 0. The van der Waals surface area contributed by atoms with Crippen LogP contribution in [0.5, 0.6) is 0 Å². The van der Waals surface area contributed by atoms with E-state index in [4.69, 9.17) is 4.42 Å². The Bertz CT molecular complexity index is 633. The third-order valence-corrected chi connectivity index (χ3v) is 3.74. The molecule has 2 aromatic heterocycles. The number of rotatable bonds is 2. The van der Waals surface area contributed by atoms with Crippen molar-refractivity contribution in [2.75, 3.05) is 31.1 Å². The number of fused-ring (bicyclic) bond motifs is 1. The molecule has 1 amide bonds. The molecule has 0 spiro atoms. The van der Waals surface area contributed by atoms with E-state index in [0.717, 1.165) is 13.1 Å². The monoisotopic (exact) mass is 302 g/mol. The first kappa shape index (κ1) is 14.8. The van der Waals surface area contributed by atoms with Gasteiger partial charge < -0.3 is 14.2 Å². The lowest BCUT2D eigenvalue weighted by atomic mass is 9.91. The van der Waals surface area contributed by atoms with Crippen molar-refractivity contribution in [1.29, 1.82) is 0 Å². The van der Waals surface area contributed by atoms with E-state index in [2.05, 4.69) is 35.6 Å². The Kier molecular flexibility index (Phi) is 3.76. The van der Waals surface area contributed by atoms with Gasteiger partial charge in [0.25, 0.3) is 6.01 Å². The average molecular weight is 302 g/mol. The fourth-order valence-electron chi connectivity index (χ4n) is 2.61. The summed E-state index contributed by atoms with van der Waals surface area (Å²) in [5.41, 5.74) is 1.35. The van der Waals surface area contributed by atoms with Crippen LogP contribution in [0.3, 0.4) is 0 Å². The van der Waals surface area contributed by atoms with Crippen LogP contribution in [0.25, 0.3) is 11.2 Å². The minimum atomic E-state index is 0.0280. The molecule has 3 heterocycles. The quantitative estimate of drug-likeness (QED) is 0.852. The van der Waals surface area contributed by atoms with E-state index in [1.54, 1.807) is 6.20 Å². The Morgan fingerprint density at radius 3 is 2.64 bits per heavy atom. The number of nitrogens with zero attached hydrogens (tertiary/aromatic N) is 4. The summed E-state index contributed by atoms with van der Waals surface area (Å²) in [5.74, 6) is 0.228. The predicted molar refractivity (Wildman–Crippen MR) is 84.7 cm³/mol. The second-order valence-corrected chi connectivity index (χ2v) is 6.93. The molecule has 1 aliphatic rings. The molecule has 1 saturated heterocycles. The van der Waals surface area contributed by atoms with E-state index in [9.17, 15) is 4.79 Å². The number of anilines is 1. The van der Waals surface area contributed by atoms with E-state index < -0.39 is 0 Å². The molecule has 2 aromatic rings. The predicted octanol–water partition coefficient (Wildman–Crippen LogP) is 2.31. The summed E-state index contributed by atoms with van der Waals surface area (Å²) in [6.07, 6.45) is 2.29. The molecule has 6 nitrogen and oxygen atoms in total. The Morgan fingerprint density at radius 1 is 1.27 bits per heavy atom. The van der Waals surface area contributed by atoms with Gasteiger partial charge in [0.2, 0.25) is 11.6 Å². The van der Waals surface area contributed by atoms with Crippen molar-refractivity contribution in [3.05, 3.63) is 18.3 Å². The molecule has 0 radical (unpaired) electrons. The molecular weight excluding hydrogens is 280 g/mol. The van der Waals surface area contributed by atoms with E-state index in [0.29, 0.717) is 36.8 Å². The van der Waals surface area contributed by atoms with Crippen molar-refractivity contribution >= 4 is 23.2 Å². The molecule has 0 unspecified atom stereocenters. The summed E-state index contributed by atoms with van der Waals surface area (Å²) in [7, 11) is 0. The lowest BCUT2D eigenvalue weighted by molar-refractivity contribution is -0.133. The van der Waals surface area contributed by atoms with Crippen LogP contribution in [0.1, 0.15) is 27.2 Å². The van der Waals surface area contributed by atoms with Gasteiger partial charge in [-0.25, -0.2) is 4.98 Å². The van der Waals surface area contributed by atoms with Crippen molar-refractivity contribution in [3.63, 3.8) is 0 Å². The number of aromatic nitrogens is 2. The molecule has 22 heavy (non-hydrogen) atoms. The van der Waals surface area contributed by atoms with Crippen LogP contribution in [0, 0.1) is 5.41 Å². The molecule has 1 fully saturated rings. The fourth-order valence-corrected chi connectivity index (χ4v) is 2.61. The van der Waals surface area contributed by atoms with Gasteiger partial charge in [0.05, 0.1) is 0 Å². The lowest BCUT2D eigenvalue weighted by Gasteiger charge is -2.35. The number of oxazole rings is 1. The zero-order chi connectivity index (χ0) is 15.7. The van der Waals surface area contributed by atoms with Gasteiger partial charge in [-0.1, -0.05) is 20.8 Å². The molecule has 0 aromatic carbocycles. The average Bonchev–Trinajstić information content (AvgIpc) is 2.89. The normalized spacial score (nSPS) is 16.3. The highest BCUT2D eigenvalue weighted by Crippen LogP contribution is 2.23. The molecule has 118 valence electrons. The lowest BCUT2D eigenvalue weighted by Crippen LogP contribution is -2.49. The topological polar surface area (TPSA) is 62.5 Å². The zero-order valence-corrected chi connectivity index (χ0v) is 13.4. The highest BCUT2D eigenvalue weighted by atomic mass is 16.4. The second kappa shape index (κ2) is 5.59. The van der Waals surface area contributed by atoms with Gasteiger partial charge in [0, 0.05) is 38.8 Å². The highest BCUT2D eigenvalue weighted by molar-refractivity contribution is 5.77. The Labute approximate surface area is 130 Å². The minimum Gasteiger partial charge on any atom is -0.422 e. The van der Waals surface area contributed by atoms with Crippen LogP contribution in [-0.2, 0) is 4.79 Å². The summed E-state index contributed by atoms with van der Waals surface area (Å²) in [6.45, 7) is 9.17. The number of hydrogen-bond acceptors (Lipinski definition) is 5. The van der Waals surface area contributed by atoms with Gasteiger partial charge in [-0.15, -0.1) is 0 Å². The third-order valence-electron chi connectivity index (χ3n) is 3.74. The SMILES string of the molecule is CC(C)(C)CC(=O)N1CCN(c2nc3ncccc3o2)CC1. The zero-order valence-electron chi connectivity index (χ0n) is 13.4. The van der Waals surface area contributed by atoms with Crippen LogP contribution in [0.4, 0.5) is 6.01 Å². The maximum Gasteiger partial charge on any atom is 0.300 e. The number of piperazine rings is 1. The number of amides is 1.